The van der Waals surface area contributed by atoms with Gasteiger partial charge in [-0.3, -0.25) is 0 Å². The van der Waals surface area contributed by atoms with E-state index in [4.69, 9.17) is 13.3 Å². The third-order valence-corrected chi connectivity index (χ3v) is 5.93. The Morgan fingerprint density at radius 1 is 0.900 bits per heavy atom. The van der Waals surface area contributed by atoms with Gasteiger partial charge >= 0.3 is 8.80 Å². The van der Waals surface area contributed by atoms with Crippen molar-refractivity contribution in [2.45, 2.75) is 55.4 Å². The Morgan fingerprint density at radius 2 is 1.30 bits per heavy atom. The van der Waals surface area contributed by atoms with E-state index in [0.29, 0.717) is 25.7 Å². The van der Waals surface area contributed by atoms with E-state index in [2.05, 4.69) is 48.1 Å². The molecule has 0 N–H and O–H groups in total. The second-order valence-electron chi connectivity index (χ2n) is 7.27. The van der Waals surface area contributed by atoms with Crippen molar-refractivity contribution in [3.8, 4) is 0 Å². The second-order valence-corrected chi connectivity index (χ2v) is 9.75. The molecule has 0 aromatic heterocycles. The maximum Gasteiger partial charge on any atom is 0.529 e. The number of hydrogen-bond acceptors (Lipinski definition) is 3. The van der Waals surface area contributed by atoms with Crippen molar-refractivity contribution >= 4 is 8.80 Å². The van der Waals surface area contributed by atoms with Crippen molar-refractivity contribution in [1.82, 2.24) is 0 Å². The lowest BCUT2D eigenvalue weighted by Gasteiger charge is -2.42. The van der Waals surface area contributed by atoms with Gasteiger partial charge in [0.2, 0.25) is 0 Å². The van der Waals surface area contributed by atoms with Crippen LogP contribution in [0.5, 0.6) is 0 Å². The topological polar surface area (TPSA) is 27.7 Å². The van der Waals surface area contributed by atoms with Crippen molar-refractivity contribution in [3.05, 3.63) is 12.3 Å². The lowest BCUT2D eigenvalue weighted by Crippen LogP contribution is -2.48. The maximum atomic E-state index is 6.15. The maximum absolute atomic E-state index is 6.15. The van der Waals surface area contributed by atoms with Crippen LogP contribution < -0.4 is 0 Å². The summed E-state index contributed by atoms with van der Waals surface area (Å²) >= 11 is 0. The van der Waals surface area contributed by atoms with E-state index >= 15 is 0 Å². The zero-order valence-electron chi connectivity index (χ0n) is 14.7. The fourth-order valence-electron chi connectivity index (χ4n) is 2.70. The molecule has 0 saturated heterocycles. The van der Waals surface area contributed by atoms with Crippen LogP contribution in [0.25, 0.3) is 0 Å². The summed E-state index contributed by atoms with van der Waals surface area (Å²) < 4.78 is 17.7. The zero-order valence-corrected chi connectivity index (χ0v) is 15.7. The minimum Gasteiger partial charge on any atom is -0.371 e. The highest BCUT2D eigenvalue weighted by molar-refractivity contribution is 6.66. The van der Waals surface area contributed by atoms with Crippen LogP contribution in [0.15, 0.2) is 12.3 Å². The predicted octanol–water partition coefficient (Wildman–Crippen LogP) is 4.45. The average molecular weight is 303 g/mol. The van der Waals surface area contributed by atoms with E-state index in [-0.39, 0.29) is 10.8 Å². The van der Waals surface area contributed by atoms with Gasteiger partial charge in [0.1, 0.15) is 0 Å². The molecule has 0 aliphatic rings. The fraction of sp³-hybridized carbons (Fsp3) is 0.875. The largest absolute Gasteiger partial charge is 0.529 e. The normalized spacial score (nSPS) is 13.8. The molecule has 0 atom stereocenters. The summed E-state index contributed by atoms with van der Waals surface area (Å²) in [5, 5.41) is 0. The first-order valence-electron chi connectivity index (χ1n) is 7.58. The van der Waals surface area contributed by atoms with Gasteiger partial charge in [-0.1, -0.05) is 48.1 Å². The van der Waals surface area contributed by atoms with Crippen LogP contribution in [0.2, 0.25) is 0 Å². The fourth-order valence-corrected chi connectivity index (χ4v) is 4.51. The molecule has 0 unspecified atom stereocenters. The minimum absolute atomic E-state index is 0.165. The SMILES string of the molecule is C=C[Si](OCC)(OCC)OCC(C(C)(C)C)C(C)(C)C. The third kappa shape index (κ3) is 6.08. The van der Waals surface area contributed by atoms with Gasteiger partial charge in [-0.15, -0.1) is 0 Å². The molecular formula is C16H34O3Si. The Bertz CT molecular complexity index is 269. The van der Waals surface area contributed by atoms with Crippen LogP contribution in [-0.4, -0.2) is 28.6 Å². The Labute approximate surface area is 127 Å². The van der Waals surface area contributed by atoms with Gasteiger partial charge < -0.3 is 13.3 Å². The van der Waals surface area contributed by atoms with Gasteiger partial charge in [0.05, 0.1) is 0 Å². The smallest absolute Gasteiger partial charge is 0.371 e. The highest BCUT2D eigenvalue weighted by Gasteiger charge is 2.42. The molecule has 0 heterocycles. The Kier molecular flexibility index (Phi) is 7.67. The zero-order chi connectivity index (χ0) is 16.0. The molecule has 0 rings (SSSR count). The molecule has 3 nitrogen and oxygen atoms in total. The van der Waals surface area contributed by atoms with Crippen LogP contribution >= 0.6 is 0 Å². The minimum atomic E-state index is -2.73. The molecule has 0 aromatic rings. The van der Waals surface area contributed by atoms with Gasteiger partial charge in [0.25, 0.3) is 0 Å². The van der Waals surface area contributed by atoms with Gasteiger partial charge in [0.15, 0.2) is 0 Å². The Morgan fingerprint density at radius 3 is 1.55 bits per heavy atom. The lowest BCUT2D eigenvalue weighted by atomic mass is 9.67. The molecule has 0 bridgehead atoms. The van der Waals surface area contributed by atoms with Crippen LogP contribution in [0, 0.1) is 16.7 Å². The summed E-state index contributed by atoms with van der Waals surface area (Å²) in [6, 6.07) is 0. The van der Waals surface area contributed by atoms with E-state index in [1.54, 1.807) is 5.70 Å². The molecule has 0 aromatic carbocycles. The van der Waals surface area contributed by atoms with Crippen LogP contribution in [0.1, 0.15) is 55.4 Å². The monoisotopic (exact) mass is 302 g/mol. The lowest BCUT2D eigenvalue weighted by molar-refractivity contribution is 0.00558. The second kappa shape index (κ2) is 7.73. The number of rotatable bonds is 8. The summed E-state index contributed by atoms with van der Waals surface area (Å²) in [5.74, 6) is 0.405. The summed E-state index contributed by atoms with van der Waals surface area (Å²) in [5.41, 5.74) is 2.07. The molecule has 0 spiro atoms. The molecule has 4 heteroatoms. The van der Waals surface area contributed by atoms with E-state index < -0.39 is 8.80 Å². The molecule has 0 radical (unpaired) electrons. The first-order valence-corrected chi connectivity index (χ1v) is 9.38. The first-order chi connectivity index (χ1) is 9.02. The van der Waals surface area contributed by atoms with E-state index in [1.165, 1.54) is 0 Å². The summed E-state index contributed by atoms with van der Waals surface area (Å²) in [6.07, 6.45) is 0. The number of hydrogen-bond donors (Lipinski definition) is 0. The van der Waals surface area contributed by atoms with Crippen molar-refractivity contribution in [3.63, 3.8) is 0 Å². The van der Waals surface area contributed by atoms with Crippen molar-refractivity contribution in [1.29, 1.82) is 0 Å². The Hall–Kier alpha value is -0.163. The first kappa shape index (κ1) is 19.8. The van der Waals surface area contributed by atoms with Gasteiger partial charge in [-0.05, 0) is 36.3 Å². The standard InChI is InChI=1S/C16H34O3Si/c1-10-17-20(12-3,18-11-2)19-13-14(15(4,5)6)16(7,8)9/h12,14H,3,10-11,13H2,1-2,4-9H3. The molecular weight excluding hydrogens is 268 g/mol. The summed E-state index contributed by atoms with van der Waals surface area (Å²) in [7, 11) is -2.73. The molecule has 0 aliphatic carbocycles. The van der Waals surface area contributed by atoms with Crippen molar-refractivity contribution < 1.29 is 13.3 Å². The van der Waals surface area contributed by atoms with Gasteiger partial charge in [-0.25, -0.2) is 0 Å². The van der Waals surface area contributed by atoms with E-state index in [0.717, 1.165) is 0 Å². The Balaban J connectivity index is 5.01. The quantitative estimate of drug-likeness (QED) is 0.620. The van der Waals surface area contributed by atoms with Crippen molar-refractivity contribution in [2.24, 2.45) is 16.7 Å². The van der Waals surface area contributed by atoms with Gasteiger partial charge in [-0.2, -0.15) is 0 Å². The molecule has 120 valence electrons. The van der Waals surface area contributed by atoms with Gasteiger partial charge in [0, 0.05) is 19.8 Å². The highest BCUT2D eigenvalue weighted by Crippen LogP contribution is 2.40. The van der Waals surface area contributed by atoms with Crippen LogP contribution in [0.3, 0.4) is 0 Å². The van der Waals surface area contributed by atoms with E-state index in [9.17, 15) is 0 Å². The molecule has 0 aliphatic heterocycles. The molecule has 20 heavy (non-hydrogen) atoms. The summed E-state index contributed by atoms with van der Waals surface area (Å²) in [6.45, 7) is 23.1. The molecule has 0 fully saturated rings. The van der Waals surface area contributed by atoms with Crippen molar-refractivity contribution in [2.75, 3.05) is 19.8 Å². The van der Waals surface area contributed by atoms with Crippen LogP contribution in [0.4, 0.5) is 0 Å². The molecule has 0 saturated carbocycles. The summed E-state index contributed by atoms with van der Waals surface area (Å²) in [4.78, 5) is 0. The average Bonchev–Trinajstić information content (AvgIpc) is 2.25. The third-order valence-electron chi connectivity index (χ3n) is 3.48. The van der Waals surface area contributed by atoms with E-state index in [1.807, 2.05) is 13.8 Å². The molecule has 0 amide bonds. The predicted molar refractivity (Wildman–Crippen MR) is 87.6 cm³/mol. The highest BCUT2D eigenvalue weighted by atomic mass is 28.4. The van der Waals surface area contributed by atoms with Crippen LogP contribution in [-0.2, 0) is 13.3 Å².